The van der Waals surface area contributed by atoms with Gasteiger partial charge in [-0.25, -0.2) is 14.4 Å². The Morgan fingerprint density at radius 3 is 2.49 bits per heavy atom. The minimum absolute atomic E-state index is 0.0288. The summed E-state index contributed by atoms with van der Waals surface area (Å²) < 4.78 is 41.6. The molecule has 1 aromatic rings. The van der Waals surface area contributed by atoms with E-state index in [-0.39, 0.29) is 18.3 Å². The molecule has 5 N–H and O–H groups in total. The van der Waals surface area contributed by atoms with E-state index in [2.05, 4.69) is 5.09 Å². The van der Waals surface area contributed by atoms with Gasteiger partial charge in [0.25, 0.3) is 5.56 Å². The Bertz CT molecular complexity index is 1110. The van der Waals surface area contributed by atoms with Gasteiger partial charge in [0.1, 0.15) is 30.3 Å². The topological polar surface area (TPSA) is 208 Å². The highest BCUT2D eigenvalue weighted by molar-refractivity contribution is 7.99. The summed E-state index contributed by atoms with van der Waals surface area (Å²) in [6, 6.07) is -0.122. The lowest BCUT2D eigenvalue weighted by molar-refractivity contribution is -0.267. The number of thioether (sulfide) groups is 1. The summed E-state index contributed by atoms with van der Waals surface area (Å²) in [6.07, 6.45) is -4.41. The molecule has 15 nitrogen and oxygen atoms in total. The van der Waals surface area contributed by atoms with E-state index < -0.39 is 73.4 Å². The zero-order valence-electron chi connectivity index (χ0n) is 22.6. The number of aromatic nitrogens is 2. The maximum Gasteiger partial charge on any atom is 0.406 e. The fourth-order valence-corrected chi connectivity index (χ4v) is 5.80. The van der Waals surface area contributed by atoms with Crippen LogP contribution in [0.15, 0.2) is 21.9 Å². The van der Waals surface area contributed by atoms with Crippen LogP contribution in [0.5, 0.6) is 0 Å². The molecule has 0 aromatic carbocycles. The average molecular weight is 600 g/mol. The molecule has 0 aliphatic carbocycles. The largest absolute Gasteiger partial charge is 0.462 e. The predicted molar refractivity (Wildman–Crippen MR) is 140 cm³/mol. The quantitative estimate of drug-likeness (QED) is 0.0773. The monoisotopic (exact) mass is 599 g/mol. The van der Waals surface area contributed by atoms with E-state index in [4.69, 9.17) is 23.3 Å². The van der Waals surface area contributed by atoms with Gasteiger partial charge in [-0.3, -0.25) is 28.2 Å². The van der Waals surface area contributed by atoms with Gasteiger partial charge in [0.15, 0.2) is 6.23 Å². The van der Waals surface area contributed by atoms with Gasteiger partial charge in [0.2, 0.25) is 5.79 Å². The van der Waals surface area contributed by atoms with Crippen molar-refractivity contribution in [1.29, 1.82) is 0 Å². The van der Waals surface area contributed by atoms with Gasteiger partial charge in [-0.1, -0.05) is 13.8 Å². The molecule has 0 radical (unpaired) electrons. The van der Waals surface area contributed by atoms with Crippen molar-refractivity contribution in [3.63, 3.8) is 0 Å². The molecule has 1 aliphatic heterocycles. The minimum atomic E-state index is -4.33. The molecule has 1 saturated heterocycles. The van der Waals surface area contributed by atoms with E-state index in [1.807, 2.05) is 18.8 Å². The molecule has 7 unspecified atom stereocenters. The van der Waals surface area contributed by atoms with Crippen LogP contribution in [0, 0.1) is 5.92 Å². The smallest absolute Gasteiger partial charge is 0.406 e. The molecule has 0 amide bonds. The number of nitrogens with zero attached hydrogens (tertiary/aromatic N) is 1. The van der Waals surface area contributed by atoms with Gasteiger partial charge in [0.05, 0.1) is 12.7 Å². The highest BCUT2D eigenvalue weighted by Crippen LogP contribution is 2.48. The van der Waals surface area contributed by atoms with Gasteiger partial charge >= 0.3 is 19.4 Å². The third-order valence-electron chi connectivity index (χ3n) is 5.55. The first-order valence-corrected chi connectivity index (χ1v) is 14.8. The summed E-state index contributed by atoms with van der Waals surface area (Å²) >= 11 is 1.16. The number of nitrogens with one attached hydrogen (secondary N) is 2. The molecule has 0 saturated carbocycles. The van der Waals surface area contributed by atoms with E-state index in [1.54, 1.807) is 13.8 Å². The van der Waals surface area contributed by atoms with Crippen LogP contribution >= 0.6 is 19.5 Å². The number of hydrogen-bond donors (Lipinski definition) is 5. The number of methoxy groups -OCH3 is 1. The number of aliphatic hydroxyl groups excluding tert-OH is 3. The molecule has 2 rings (SSSR count). The van der Waals surface area contributed by atoms with Crippen molar-refractivity contribution in [2.75, 3.05) is 26.1 Å². The minimum Gasteiger partial charge on any atom is -0.462 e. The third-order valence-corrected chi connectivity index (χ3v) is 8.54. The standard InChI is InChI=1S/C22H38N3O12PS/c1-12(2)20(30)39-10-9-34-38(32,24-14(5)19(29)36-13(3)4)35-11-22(33-6)17(28)16(27)18(37-22)25-8-7-15(26)23-21(25)31/h7-8,12-14,16-18,20,27-28,30H,9-11H2,1-6H3,(H,24,32)(H,23,26,31). The predicted octanol–water partition coefficient (Wildman–Crippen LogP) is -0.0915. The van der Waals surface area contributed by atoms with Crippen molar-refractivity contribution in [3.8, 4) is 0 Å². The number of ether oxygens (including phenoxy) is 3. The molecular formula is C22H38N3O12PS. The number of esters is 1. The van der Waals surface area contributed by atoms with Crippen LogP contribution in [0.3, 0.4) is 0 Å². The lowest BCUT2D eigenvalue weighted by Gasteiger charge is -2.32. The van der Waals surface area contributed by atoms with Crippen LogP contribution in [0.1, 0.15) is 40.8 Å². The van der Waals surface area contributed by atoms with Crippen LogP contribution in [0.4, 0.5) is 0 Å². The second-order valence-corrected chi connectivity index (χ2v) is 12.4. The lowest BCUT2D eigenvalue weighted by atomic mass is 10.1. The van der Waals surface area contributed by atoms with E-state index in [1.165, 1.54) is 6.92 Å². The molecule has 0 spiro atoms. The van der Waals surface area contributed by atoms with Crippen molar-refractivity contribution in [2.24, 2.45) is 5.92 Å². The van der Waals surface area contributed by atoms with Gasteiger partial charge < -0.3 is 29.5 Å². The molecule has 224 valence electrons. The maximum atomic E-state index is 13.7. The summed E-state index contributed by atoms with van der Waals surface area (Å²) in [5.74, 6) is -2.67. The maximum absolute atomic E-state index is 13.7. The Hall–Kier alpha value is -1.59. The number of carbonyl (C=O) groups excluding carboxylic acids is 1. The number of rotatable bonds is 15. The number of H-pyrrole nitrogens is 1. The van der Waals surface area contributed by atoms with Gasteiger partial charge in [0, 0.05) is 25.1 Å². The van der Waals surface area contributed by atoms with E-state index >= 15 is 0 Å². The van der Waals surface area contributed by atoms with Crippen molar-refractivity contribution >= 4 is 25.5 Å². The van der Waals surface area contributed by atoms with Crippen molar-refractivity contribution < 1.29 is 47.9 Å². The SMILES string of the molecule is COC1(COP(=O)(NC(C)C(=O)OC(C)C)OCCSC(O)C(C)C)OC(n2ccc(=O)[nH]c2=O)C(O)C1O. The zero-order valence-corrected chi connectivity index (χ0v) is 24.3. The van der Waals surface area contributed by atoms with Crippen LogP contribution < -0.4 is 16.3 Å². The molecule has 39 heavy (non-hydrogen) atoms. The first-order valence-electron chi connectivity index (χ1n) is 12.2. The van der Waals surface area contributed by atoms with Gasteiger partial charge in [-0.15, -0.1) is 11.8 Å². The Kier molecular flexibility index (Phi) is 12.4. The van der Waals surface area contributed by atoms with E-state index in [0.29, 0.717) is 0 Å². The summed E-state index contributed by atoms with van der Waals surface area (Å²) in [7, 11) is -3.21. The van der Waals surface area contributed by atoms with Gasteiger partial charge in [-0.05, 0) is 26.7 Å². The molecule has 0 bridgehead atoms. The summed E-state index contributed by atoms with van der Waals surface area (Å²) in [4.78, 5) is 38.0. The van der Waals surface area contributed by atoms with E-state index in [9.17, 15) is 34.3 Å². The number of aromatic amines is 1. The first kappa shape index (κ1) is 33.6. The zero-order chi connectivity index (χ0) is 29.5. The third kappa shape index (κ3) is 8.95. The second-order valence-electron chi connectivity index (χ2n) is 9.42. The highest BCUT2D eigenvalue weighted by atomic mass is 32.2. The first-order chi connectivity index (χ1) is 18.1. The number of aliphatic hydroxyl groups is 3. The Balaban J connectivity index is 2.23. The fraction of sp³-hybridized carbons (Fsp3) is 0.773. The number of hydrogen-bond acceptors (Lipinski definition) is 13. The molecule has 2 heterocycles. The normalized spacial score (nSPS) is 26.5. The van der Waals surface area contributed by atoms with Crippen LogP contribution in [-0.4, -0.2) is 92.5 Å². The van der Waals surface area contributed by atoms with Crippen LogP contribution in [-0.2, 0) is 32.6 Å². The summed E-state index contributed by atoms with van der Waals surface area (Å²) in [6.45, 7) is 7.39. The highest BCUT2D eigenvalue weighted by Gasteiger charge is 2.57. The van der Waals surface area contributed by atoms with Crippen LogP contribution in [0.25, 0.3) is 0 Å². The average Bonchev–Trinajstić information content (AvgIpc) is 3.10. The van der Waals surface area contributed by atoms with Crippen molar-refractivity contribution in [2.45, 2.75) is 76.4 Å². The van der Waals surface area contributed by atoms with Crippen molar-refractivity contribution in [3.05, 3.63) is 33.1 Å². The lowest BCUT2D eigenvalue weighted by Crippen LogP contribution is -2.49. The van der Waals surface area contributed by atoms with Crippen molar-refractivity contribution in [1.82, 2.24) is 14.6 Å². The Labute approximate surface area is 229 Å². The van der Waals surface area contributed by atoms with E-state index in [0.717, 1.165) is 35.7 Å². The molecule has 1 aromatic heterocycles. The molecule has 17 heteroatoms. The summed E-state index contributed by atoms with van der Waals surface area (Å²) in [5, 5.41) is 33.8. The number of carbonyl (C=O) groups is 1. The van der Waals surface area contributed by atoms with Gasteiger partial charge in [-0.2, -0.15) is 0 Å². The molecule has 7 atom stereocenters. The second kappa shape index (κ2) is 14.3. The molecule has 1 aliphatic rings. The molecule has 1 fully saturated rings. The molecular weight excluding hydrogens is 561 g/mol. The fourth-order valence-electron chi connectivity index (χ4n) is 3.39. The Morgan fingerprint density at radius 2 is 1.92 bits per heavy atom. The summed E-state index contributed by atoms with van der Waals surface area (Å²) in [5.41, 5.74) is -2.28. The Morgan fingerprint density at radius 1 is 1.26 bits per heavy atom. The van der Waals surface area contributed by atoms with Crippen LogP contribution in [0.2, 0.25) is 0 Å².